The number of rotatable bonds is 3. The van der Waals surface area contributed by atoms with Crippen LogP contribution in [0.4, 0.5) is 17.3 Å². The van der Waals surface area contributed by atoms with Gasteiger partial charge < -0.3 is 21.5 Å². The molecule has 3 rings (SSSR count). The van der Waals surface area contributed by atoms with Crippen LogP contribution in [0.1, 0.15) is 22.7 Å². The summed E-state index contributed by atoms with van der Waals surface area (Å²) >= 11 is 0. The molecular formula is C17H13N9O. The average molecular weight is 359 g/mol. The van der Waals surface area contributed by atoms with Crippen molar-refractivity contribution >= 4 is 23.3 Å². The molecule has 1 aromatic carbocycles. The summed E-state index contributed by atoms with van der Waals surface area (Å²) in [4.78, 5) is 8.64. The lowest BCUT2D eigenvalue weighted by Gasteiger charge is -2.26. The van der Waals surface area contributed by atoms with E-state index in [1.807, 2.05) is 12.1 Å². The zero-order valence-corrected chi connectivity index (χ0v) is 13.9. The van der Waals surface area contributed by atoms with Crippen molar-refractivity contribution in [3.63, 3.8) is 0 Å². The molecule has 1 aliphatic heterocycles. The van der Waals surface area contributed by atoms with Crippen LogP contribution >= 0.6 is 0 Å². The molecule has 27 heavy (non-hydrogen) atoms. The van der Waals surface area contributed by atoms with E-state index in [4.69, 9.17) is 26.7 Å². The maximum atomic E-state index is 9.32. The number of benzene rings is 1. The first-order chi connectivity index (χ1) is 13.1. The van der Waals surface area contributed by atoms with E-state index in [1.165, 1.54) is 0 Å². The van der Waals surface area contributed by atoms with Crippen LogP contribution in [0.5, 0.6) is 5.75 Å². The number of hydrogen-bond donors (Lipinski definition) is 4. The highest BCUT2D eigenvalue weighted by molar-refractivity contribution is 5.98. The first kappa shape index (κ1) is 17.3. The standard InChI is InChI=1S/C17H13N9O/c18-4-5-27-10-3-1-2-9(6-10)14-12-13(21)11(7-19)15(22)25-16(12)26-17(24-14)23-8-20/h1-3,6,14H,5H2,(H6,21,22,23,24,25,26). The molecule has 0 radical (unpaired) electrons. The van der Waals surface area contributed by atoms with Crippen molar-refractivity contribution in [2.45, 2.75) is 6.04 Å². The molecule has 132 valence electrons. The third kappa shape index (κ3) is 3.21. The van der Waals surface area contributed by atoms with Gasteiger partial charge in [-0.05, 0) is 17.7 Å². The summed E-state index contributed by atoms with van der Waals surface area (Å²) in [5.41, 5.74) is 13.3. The van der Waals surface area contributed by atoms with Crippen molar-refractivity contribution in [2.24, 2.45) is 4.99 Å². The molecule has 0 aliphatic carbocycles. The van der Waals surface area contributed by atoms with Gasteiger partial charge in [-0.2, -0.15) is 15.8 Å². The van der Waals surface area contributed by atoms with Crippen LogP contribution in [0.15, 0.2) is 29.3 Å². The maximum Gasteiger partial charge on any atom is 0.211 e. The van der Waals surface area contributed by atoms with Crippen LogP contribution in [-0.2, 0) is 0 Å². The molecule has 0 fully saturated rings. The van der Waals surface area contributed by atoms with Gasteiger partial charge in [-0.3, -0.25) is 5.32 Å². The third-order valence-corrected chi connectivity index (χ3v) is 3.83. The lowest BCUT2D eigenvalue weighted by Crippen LogP contribution is -2.32. The van der Waals surface area contributed by atoms with Gasteiger partial charge in [-0.15, -0.1) is 0 Å². The molecule has 0 spiro atoms. The summed E-state index contributed by atoms with van der Waals surface area (Å²) in [6.07, 6.45) is 1.78. The normalized spacial score (nSPS) is 14.4. The first-order valence-electron chi connectivity index (χ1n) is 7.67. The van der Waals surface area contributed by atoms with E-state index in [9.17, 15) is 5.26 Å². The number of anilines is 3. The summed E-state index contributed by atoms with van der Waals surface area (Å²) in [6.45, 7) is -0.102. The number of guanidine groups is 1. The Hall–Kier alpha value is -4.49. The van der Waals surface area contributed by atoms with E-state index >= 15 is 0 Å². The molecule has 6 N–H and O–H groups in total. The van der Waals surface area contributed by atoms with E-state index in [0.29, 0.717) is 22.7 Å². The number of fused-ring (bicyclic) bond motifs is 1. The maximum absolute atomic E-state index is 9.32. The van der Waals surface area contributed by atoms with Crippen LogP contribution in [0.3, 0.4) is 0 Å². The molecular weight excluding hydrogens is 346 g/mol. The average Bonchev–Trinajstić information content (AvgIpc) is 2.66. The zero-order valence-electron chi connectivity index (χ0n) is 13.9. The Morgan fingerprint density at radius 2 is 2.07 bits per heavy atom. The molecule has 1 unspecified atom stereocenters. The Bertz CT molecular complexity index is 1060. The van der Waals surface area contributed by atoms with E-state index in [2.05, 4.69) is 20.6 Å². The number of ether oxygens (including phenoxy) is 1. The van der Waals surface area contributed by atoms with Gasteiger partial charge in [-0.1, -0.05) is 12.1 Å². The van der Waals surface area contributed by atoms with Crippen LogP contribution < -0.4 is 26.8 Å². The number of pyridine rings is 1. The third-order valence-electron chi connectivity index (χ3n) is 3.83. The van der Waals surface area contributed by atoms with E-state index < -0.39 is 6.04 Å². The van der Waals surface area contributed by atoms with Crippen molar-refractivity contribution in [3.8, 4) is 24.1 Å². The summed E-state index contributed by atoms with van der Waals surface area (Å²) in [5, 5.41) is 32.2. The Morgan fingerprint density at radius 3 is 2.78 bits per heavy atom. The number of nitrogen functional groups attached to an aromatic ring is 2. The van der Waals surface area contributed by atoms with Crippen molar-refractivity contribution in [1.29, 1.82) is 15.8 Å². The fraction of sp³-hybridized carbons (Fsp3) is 0.118. The van der Waals surface area contributed by atoms with Crippen LogP contribution in [0, 0.1) is 34.1 Å². The van der Waals surface area contributed by atoms with E-state index in [1.54, 1.807) is 30.5 Å². The van der Waals surface area contributed by atoms with Gasteiger partial charge in [0, 0.05) is 5.56 Å². The smallest absolute Gasteiger partial charge is 0.211 e. The molecule has 0 saturated heterocycles. The molecule has 1 atom stereocenters. The molecule has 10 heteroatoms. The molecule has 1 aliphatic rings. The lowest BCUT2D eigenvalue weighted by atomic mass is 9.95. The highest BCUT2D eigenvalue weighted by Gasteiger charge is 2.29. The largest absolute Gasteiger partial charge is 0.479 e. The van der Waals surface area contributed by atoms with Crippen molar-refractivity contribution in [1.82, 2.24) is 10.3 Å². The van der Waals surface area contributed by atoms with Gasteiger partial charge in [0.2, 0.25) is 5.96 Å². The van der Waals surface area contributed by atoms with E-state index in [0.717, 1.165) is 0 Å². The number of aromatic nitrogens is 1. The van der Waals surface area contributed by atoms with Crippen LogP contribution in [0.2, 0.25) is 0 Å². The Balaban J connectivity index is 2.16. The zero-order chi connectivity index (χ0) is 19.4. The van der Waals surface area contributed by atoms with Gasteiger partial charge in [-0.25, -0.2) is 9.98 Å². The van der Waals surface area contributed by atoms with Gasteiger partial charge in [0.1, 0.15) is 41.1 Å². The van der Waals surface area contributed by atoms with Gasteiger partial charge in [0.15, 0.2) is 12.8 Å². The Morgan fingerprint density at radius 1 is 1.26 bits per heavy atom. The monoisotopic (exact) mass is 359 g/mol. The topological polar surface area (TPSA) is 182 Å². The SMILES string of the molecule is N#CCOc1cccc(C2N=C(NC#N)Nc3nc(N)c(C#N)c(N)c32)c1. The van der Waals surface area contributed by atoms with E-state index in [-0.39, 0.29) is 29.6 Å². The first-order valence-corrected chi connectivity index (χ1v) is 7.67. The summed E-state index contributed by atoms with van der Waals surface area (Å²) in [7, 11) is 0. The molecule has 0 bridgehead atoms. The number of nitrogens with zero attached hydrogens (tertiary/aromatic N) is 5. The fourth-order valence-electron chi connectivity index (χ4n) is 2.71. The summed E-state index contributed by atoms with van der Waals surface area (Å²) in [5.74, 6) is 0.908. The summed E-state index contributed by atoms with van der Waals surface area (Å²) in [6, 6.07) is 10.1. The van der Waals surface area contributed by atoms with Gasteiger partial charge in [0.05, 0.1) is 5.69 Å². The highest BCUT2D eigenvalue weighted by Crippen LogP contribution is 2.40. The molecule has 0 saturated carbocycles. The molecule has 10 nitrogen and oxygen atoms in total. The highest BCUT2D eigenvalue weighted by atomic mass is 16.5. The minimum Gasteiger partial charge on any atom is -0.479 e. The van der Waals surface area contributed by atoms with Crippen molar-refractivity contribution in [3.05, 3.63) is 41.0 Å². The number of hydrogen-bond acceptors (Lipinski definition) is 10. The molecule has 2 aromatic rings. The predicted octanol–water partition coefficient (Wildman–Crippen LogP) is 0.962. The predicted molar refractivity (Wildman–Crippen MR) is 97.0 cm³/mol. The number of nitrogens with two attached hydrogens (primary N) is 2. The number of aliphatic imine (C=N–C) groups is 1. The number of nitriles is 3. The lowest BCUT2D eigenvalue weighted by molar-refractivity contribution is 0.367. The Kier molecular flexibility index (Phi) is 4.61. The second-order valence-electron chi connectivity index (χ2n) is 5.42. The minimum absolute atomic E-state index is 0.0238. The number of nitrogens with one attached hydrogen (secondary N) is 2. The van der Waals surface area contributed by atoms with Crippen LogP contribution in [0.25, 0.3) is 0 Å². The quantitative estimate of drug-likeness (QED) is 0.458. The summed E-state index contributed by atoms with van der Waals surface area (Å²) < 4.78 is 5.33. The van der Waals surface area contributed by atoms with Crippen molar-refractivity contribution in [2.75, 3.05) is 23.4 Å². The molecule has 2 heterocycles. The Labute approximate surface area is 154 Å². The van der Waals surface area contributed by atoms with Crippen LogP contribution in [-0.4, -0.2) is 17.6 Å². The fourth-order valence-corrected chi connectivity index (χ4v) is 2.71. The van der Waals surface area contributed by atoms with Gasteiger partial charge in [0.25, 0.3) is 0 Å². The second-order valence-corrected chi connectivity index (χ2v) is 5.42. The minimum atomic E-state index is -0.664. The van der Waals surface area contributed by atoms with Crippen molar-refractivity contribution < 1.29 is 4.74 Å². The van der Waals surface area contributed by atoms with Gasteiger partial charge >= 0.3 is 0 Å². The second kappa shape index (κ2) is 7.18. The molecule has 1 aromatic heterocycles. The molecule has 0 amide bonds.